The smallest absolute Gasteiger partial charge is 0.351 e. The van der Waals surface area contributed by atoms with Crippen LogP contribution in [-0.2, 0) is 24.2 Å². The van der Waals surface area contributed by atoms with Crippen LogP contribution in [0.3, 0.4) is 0 Å². The highest BCUT2D eigenvalue weighted by atomic mass is 31.2. The molecule has 4 fully saturated rings. The van der Waals surface area contributed by atoms with E-state index in [1.165, 1.54) is 35.8 Å². The number of rotatable bonds is 7. The summed E-state index contributed by atoms with van der Waals surface area (Å²) < 4.78 is 24.3. The van der Waals surface area contributed by atoms with Crippen molar-refractivity contribution in [2.75, 3.05) is 5.32 Å². The van der Waals surface area contributed by atoms with Gasteiger partial charge in [-0.25, -0.2) is 9.46 Å². The highest BCUT2D eigenvalue weighted by molar-refractivity contribution is 7.45. The van der Waals surface area contributed by atoms with E-state index < -0.39 is 26.0 Å². The van der Waals surface area contributed by atoms with Gasteiger partial charge in [-0.2, -0.15) is 4.98 Å². The molecule has 0 radical (unpaired) electrons. The number of nitrogens with one attached hydrogen (secondary N) is 1. The molecule has 1 amide bonds. The van der Waals surface area contributed by atoms with E-state index in [1.54, 1.807) is 26.1 Å². The quantitative estimate of drug-likeness (QED) is 0.427. The number of fused-ring (bicyclic) bond motifs is 3. The molecule has 1 saturated carbocycles. The Morgan fingerprint density at radius 3 is 2.70 bits per heavy atom. The van der Waals surface area contributed by atoms with Crippen molar-refractivity contribution < 1.29 is 18.6 Å². The van der Waals surface area contributed by atoms with Gasteiger partial charge in [0.25, 0.3) is 8.53 Å². The molecule has 3 aliphatic heterocycles. The zero-order valence-corrected chi connectivity index (χ0v) is 24.8. The van der Waals surface area contributed by atoms with E-state index in [-0.39, 0.29) is 35.9 Å². The minimum absolute atomic E-state index is 0.157. The van der Waals surface area contributed by atoms with Gasteiger partial charge in [-0.3, -0.25) is 9.36 Å². The summed E-state index contributed by atoms with van der Waals surface area (Å²) in [5.41, 5.74) is 0.320. The lowest BCUT2D eigenvalue weighted by Gasteiger charge is -2.34. The summed E-state index contributed by atoms with van der Waals surface area (Å²) in [4.78, 5) is 29.1. The Kier molecular flexibility index (Phi) is 7.87. The van der Waals surface area contributed by atoms with Crippen LogP contribution in [0.2, 0.25) is 0 Å². The van der Waals surface area contributed by atoms with Gasteiger partial charge < -0.3 is 19.1 Å². The second-order valence-corrected chi connectivity index (χ2v) is 13.4. The second-order valence-electron chi connectivity index (χ2n) is 12.1. The van der Waals surface area contributed by atoms with Gasteiger partial charge in [-0.1, -0.05) is 63.9 Å². The molecule has 10 heteroatoms. The fraction of sp³-hybridized carbons (Fsp3) is 0.633. The number of hydrogen-bond donors (Lipinski definition) is 1. The van der Waals surface area contributed by atoms with E-state index in [0.29, 0.717) is 18.4 Å². The summed E-state index contributed by atoms with van der Waals surface area (Å²) in [5.74, 6) is 0.562. The summed E-state index contributed by atoms with van der Waals surface area (Å²) in [6.45, 7) is 7.91. The Balaban J connectivity index is 1.22. The summed E-state index contributed by atoms with van der Waals surface area (Å²) in [6.07, 6.45) is 8.28. The standard InChI is InChI=1S/C30H41N4O5P/c1-5-23-24(18-27(37-23)33-16-15-26(32-29(33)36)31-28(35)19(2)3)38-40-34-22-14-10-9-11-20(22)17-25(34)30(4,39-40)21-12-7-6-8-13-21/h6-8,12-13,15-16,19-20,22-25,27H,5,9-11,14,17-18H2,1-4H3,(H,31,32,35,36)/t20-,22-,23+,24?,25-,27+,30+,40-/m0/s1. The van der Waals surface area contributed by atoms with E-state index in [0.717, 1.165) is 12.8 Å². The van der Waals surface area contributed by atoms with E-state index in [4.69, 9.17) is 13.8 Å². The Morgan fingerprint density at radius 2 is 1.98 bits per heavy atom. The molecule has 0 spiro atoms. The van der Waals surface area contributed by atoms with Crippen LogP contribution >= 0.6 is 8.53 Å². The van der Waals surface area contributed by atoms with Crippen molar-refractivity contribution in [3.05, 3.63) is 58.6 Å². The molecule has 2 aromatic rings. The van der Waals surface area contributed by atoms with Crippen LogP contribution in [0.5, 0.6) is 0 Å². The number of anilines is 1. The van der Waals surface area contributed by atoms with Crippen LogP contribution in [0, 0.1) is 11.8 Å². The van der Waals surface area contributed by atoms with Crippen molar-refractivity contribution in [3.8, 4) is 0 Å². The lowest BCUT2D eigenvalue weighted by Crippen LogP contribution is -2.39. The molecule has 40 heavy (non-hydrogen) atoms. The molecule has 216 valence electrons. The molecule has 3 saturated heterocycles. The van der Waals surface area contributed by atoms with E-state index >= 15 is 0 Å². The third-order valence-corrected chi connectivity index (χ3v) is 11.2. The average molecular weight is 569 g/mol. The fourth-order valence-electron chi connectivity index (χ4n) is 6.94. The molecule has 1 N–H and O–H groups in total. The maximum atomic E-state index is 12.9. The Hall–Kier alpha value is -2.16. The van der Waals surface area contributed by atoms with Gasteiger partial charge in [0.05, 0.1) is 18.2 Å². The number of carbonyl (C=O) groups is 1. The van der Waals surface area contributed by atoms with E-state index in [2.05, 4.69) is 59.2 Å². The Morgan fingerprint density at radius 1 is 1.20 bits per heavy atom. The van der Waals surface area contributed by atoms with Gasteiger partial charge in [0.1, 0.15) is 17.6 Å². The van der Waals surface area contributed by atoms with Crippen LogP contribution in [0.1, 0.15) is 84.4 Å². The first-order valence-electron chi connectivity index (χ1n) is 14.8. The number of ether oxygens (including phenoxy) is 1. The molecule has 4 aliphatic rings. The monoisotopic (exact) mass is 568 g/mol. The topological polar surface area (TPSA) is 94.9 Å². The summed E-state index contributed by atoms with van der Waals surface area (Å²) in [7, 11) is -1.30. The van der Waals surface area contributed by atoms with Crippen LogP contribution in [0.25, 0.3) is 0 Å². The molecule has 1 aromatic heterocycles. The minimum atomic E-state index is -1.30. The van der Waals surface area contributed by atoms with Crippen molar-refractivity contribution in [2.45, 2.75) is 109 Å². The van der Waals surface area contributed by atoms with Gasteiger partial charge in [0.15, 0.2) is 0 Å². The molecule has 1 unspecified atom stereocenters. The normalized spacial score (nSPS) is 35.6. The number of aromatic nitrogens is 2. The van der Waals surface area contributed by atoms with Crippen molar-refractivity contribution in [1.29, 1.82) is 0 Å². The number of benzene rings is 1. The number of hydrogen-bond acceptors (Lipinski definition) is 7. The third-order valence-electron chi connectivity index (χ3n) is 9.22. The molecule has 8 atom stereocenters. The van der Waals surface area contributed by atoms with Gasteiger partial charge >= 0.3 is 5.69 Å². The minimum Gasteiger partial charge on any atom is -0.352 e. The van der Waals surface area contributed by atoms with Crippen LogP contribution in [-0.4, -0.2) is 44.4 Å². The van der Waals surface area contributed by atoms with Crippen LogP contribution in [0.4, 0.5) is 5.82 Å². The number of nitrogens with zero attached hydrogens (tertiary/aromatic N) is 3. The lowest BCUT2D eigenvalue weighted by molar-refractivity contribution is -0.118. The first-order chi connectivity index (χ1) is 19.3. The van der Waals surface area contributed by atoms with Crippen molar-refractivity contribution in [3.63, 3.8) is 0 Å². The van der Waals surface area contributed by atoms with Crippen molar-refractivity contribution >= 4 is 20.3 Å². The first kappa shape index (κ1) is 28.0. The predicted molar refractivity (Wildman–Crippen MR) is 153 cm³/mol. The molecular formula is C30H41N4O5P. The van der Waals surface area contributed by atoms with Crippen LogP contribution < -0.4 is 11.0 Å². The van der Waals surface area contributed by atoms with Gasteiger partial charge in [0, 0.05) is 24.6 Å². The summed E-state index contributed by atoms with van der Waals surface area (Å²) in [5, 5.41) is 2.69. The first-order valence-corrected chi connectivity index (χ1v) is 16.0. The maximum absolute atomic E-state index is 12.9. The second kappa shape index (κ2) is 11.3. The highest BCUT2D eigenvalue weighted by Crippen LogP contribution is 2.67. The lowest BCUT2D eigenvalue weighted by atomic mass is 9.81. The fourth-order valence-corrected chi connectivity index (χ4v) is 9.28. The maximum Gasteiger partial charge on any atom is 0.351 e. The summed E-state index contributed by atoms with van der Waals surface area (Å²) >= 11 is 0. The van der Waals surface area contributed by atoms with Gasteiger partial charge in [-0.05, 0) is 50.2 Å². The summed E-state index contributed by atoms with van der Waals surface area (Å²) in [6, 6.07) is 13.0. The highest BCUT2D eigenvalue weighted by Gasteiger charge is 2.61. The molecular weight excluding hydrogens is 527 g/mol. The van der Waals surface area contributed by atoms with Gasteiger partial charge in [-0.15, -0.1) is 0 Å². The average Bonchev–Trinajstić information content (AvgIpc) is 3.62. The molecule has 1 aromatic carbocycles. The Labute approximate surface area is 237 Å². The molecule has 6 rings (SSSR count). The predicted octanol–water partition coefficient (Wildman–Crippen LogP) is 5.73. The molecule has 1 aliphatic carbocycles. The van der Waals surface area contributed by atoms with Gasteiger partial charge in [0.2, 0.25) is 5.91 Å². The largest absolute Gasteiger partial charge is 0.352 e. The molecule has 4 heterocycles. The molecule has 0 bridgehead atoms. The number of carbonyl (C=O) groups excluding carboxylic acids is 1. The zero-order valence-electron chi connectivity index (χ0n) is 23.9. The van der Waals surface area contributed by atoms with Crippen molar-refractivity contribution in [1.82, 2.24) is 14.2 Å². The van der Waals surface area contributed by atoms with Crippen LogP contribution in [0.15, 0.2) is 47.4 Å². The Bertz CT molecular complexity index is 1270. The number of amides is 1. The third kappa shape index (κ3) is 5.05. The van der Waals surface area contributed by atoms with E-state index in [9.17, 15) is 9.59 Å². The zero-order chi connectivity index (χ0) is 28.0. The van der Waals surface area contributed by atoms with Crippen molar-refractivity contribution in [2.24, 2.45) is 11.8 Å². The SMILES string of the molecule is CC[C@H]1O[C@@H](n2ccc(NC(=O)C(C)C)nc2=O)CC1O[P@@]1O[C@](C)(c2ccccc2)[C@@H]2C[C@@H]3CCCC[C@@H]3N21. The van der Waals surface area contributed by atoms with E-state index in [1.807, 2.05) is 0 Å². The molecule has 9 nitrogen and oxygen atoms in total.